The minimum absolute atomic E-state index is 0.552. The molecular formula is C7H15N3. The monoisotopic (exact) mass is 141 g/mol. The van der Waals surface area contributed by atoms with Crippen molar-refractivity contribution in [2.45, 2.75) is 0 Å². The molecule has 0 atom stereocenters. The number of hydrogen-bond donors (Lipinski definition) is 3. The van der Waals surface area contributed by atoms with Crippen molar-refractivity contribution in [1.82, 2.24) is 16.0 Å². The lowest BCUT2D eigenvalue weighted by atomic mass is 9.82. The first-order valence-corrected chi connectivity index (χ1v) is 4.04. The fraction of sp³-hybridized carbons (Fsp3) is 1.00. The fourth-order valence-corrected chi connectivity index (χ4v) is 1.67. The van der Waals surface area contributed by atoms with Crippen molar-refractivity contribution < 1.29 is 0 Å². The zero-order valence-electron chi connectivity index (χ0n) is 6.24. The summed E-state index contributed by atoms with van der Waals surface area (Å²) in [5.41, 5.74) is 0.552. The maximum Gasteiger partial charge on any atom is 0.0202 e. The van der Waals surface area contributed by atoms with Gasteiger partial charge in [-0.2, -0.15) is 0 Å². The summed E-state index contributed by atoms with van der Waals surface area (Å²) in [5, 5.41) is 10.2. The molecule has 1 spiro atoms. The summed E-state index contributed by atoms with van der Waals surface area (Å²) in [6.07, 6.45) is 0. The highest BCUT2D eigenvalue weighted by molar-refractivity contribution is 4.96. The van der Waals surface area contributed by atoms with E-state index >= 15 is 0 Å². The lowest BCUT2D eigenvalue weighted by Crippen LogP contribution is -2.61. The van der Waals surface area contributed by atoms with E-state index in [1.165, 1.54) is 26.2 Å². The molecule has 10 heavy (non-hydrogen) atoms. The standard InChI is InChI=1S/C7H15N3/c1-2-9-4-7(3-8-1)5-10-6-7/h8-10H,1-6H2. The van der Waals surface area contributed by atoms with Crippen LogP contribution >= 0.6 is 0 Å². The van der Waals surface area contributed by atoms with Crippen molar-refractivity contribution >= 4 is 0 Å². The molecule has 2 aliphatic rings. The van der Waals surface area contributed by atoms with Crippen LogP contribution in [0.3, 0.4) is 0 Å². The fourth-order valence-electron chi connectivity index (χ4n) is 1.67. The Kier molecular flexibility index (Phi) is 1.64. The minimum Gasteiger partial charge on any atom is -0.315 e. The van der Waals surface area contributed by atoms with Crippen LogP contribution in [0.4, 0.5) is 0 Å². The van der Waals surface area contributed by atoms with Crippen LogP contribution in [-0.2, 0) is 0 Å². The van der Waals surface area contributed by atoms with Crippen LogP contribution in [0, 0.1) is 5.41 Å². The third-order valence-corrected chi connectivity index (χ3v) is 2.48. The van der Waals surface area contributed by atoms with Gasteiger partial charge in [-0.15, -0.1) is 0 Å². The molecule has 0 aromatic carbocycles. The van der Waals surface area contributed by atoms with E-state index < -0.39 is 0 Å². The molecule has 2 saturated heterocycles. The number of rotatable bonds is 0. The Hall–Kier alpha value is -0.120. The molecular weight excluding hydrogens is 126 g/mol. The maximum atomic E-state index is 3.44. The van der Waals surface area contributed by atoms with Crippen molar-refractivity contribution in [3.05, 3.63) is 0 Å². The first kappa shape index (κ1) is 6.58. The third-order valence-electron chi connectivity index (χ3n) is 2.48. The first-order chi connectivity index (χ1) is 4.91. The van der Waals surface area contributed by atoms with E-state index in [0.717, 1.165) is 13.1 Å². The lowest BCUT2D eigenvalue weighted by molar-refractivity contribution is 0.172. The highest BCUT2D eigenvalue weighted by atomic mass is 15.1. The summed E-state index contributed by atoms with van der Waals surface area (Å²) in [7, 11) is 0. The van der Waals surface area contributed by atoms with Gasteiger partial charge in [0.1, 0.15) is 0 Å². The smallest absolute Gasteiger partial charge is 0.0202 e. The van der Waals surface area contributed by atoms with Crippen LogP contribution in [-0.4, -0.2) is 39.3 Å². The van der Waals surface area contributed by atoms with Gasteiger partial charge in [-0.05, 0) is 0 Å². The van der Waals surface area contributed by atoms with Crippen LogP contribution in [0.25, 0.3) is 0 Å². The molecule has 3 N–H and O–H groups in total. The van der Waals surface area contributed by atoms with E-state index in [-0.39, 0.29) is 0 Å². The van der Waals surface area contributed by atoms with Gasteiger partial charge in [0.25, 0.3) is 0 Å². The molecule has 2 heterocycles. The minimum atomic E-state index is 0.552. The highest BCUT2D eigenvalue weighted by Gasteiger charge is 2.36. The number of nitrogens with one attached hydrogen (secondary N) is 3. The van der Waals surface area contributed by atoms with E-state index in [1.807, 2.05) is 0 Å². The summed E-state index contributed by atoms with van der Waals surface area (Å²) >= 11 is 0. The molecule has 2 rings (SSSR count). The van der Waals surface area contributed by atoms with E-state index in [1.54, 1.807) is 0 Å². The van der Waals surface area contributed by atoms with Crippen LogP contribution in [0.1, 0.15) is 0 Å². The van der Waals surface area contributed by atoms with Gasteiger partial charge in [0, 0.05) is 44.7 Å². The Morgan fingerprint density at radius 2 is 1.20 bits per heavy atom. The molecule has 0 aliphatic carbocycles. The van der Waals surface area contributed by atoms with Gasteiger partial charge in [0.15, 0.2) is 0 Å². The normalized spacial score (nSPS) is 31.2. The summed E-state index contributed by atoms with van der Waals surface area (Å²) in [4.78, 5) is 0. The van der Waals surface area contributed by atoms with Crippen LogP contribution < -0.4 is 16.0 Å². The van der Waals surface area contributed by atoms with E-state index in [9.17, 15) is 0 Å². The van der Waals surface area contributed by atoms with E-state index in [4.69, 9.17) is 0 Å². The quantitative estimate of drug-likeness (QED) is 0.395. The van der Waals surface area contributed by atoms with Crippen molar-refractivity contribution in [2.24, 2.45) is 5.41 Å². The third kappa shape index (κ3) is 1.05. The molecule has 0 aromatic rings. The zero-order chi connectivity index (χ0) is 6.86. The molecule has 0 bridgehead atoms. The average molecular weight is 141 g/mol. The van der Waals surface area contributed by atoms with Crippen molar-refractivity contribution in [2.75, 3.05) is 39.3 Å². The predicted molar refractivity (Wildman–Crippen MR) is 41.0 cm³/mol. The summed E-state index contributed by atoms with van der Waals surface area (Å²) < 4.78 is 0. The Bertz CT molecular complexity index is 110. The second-order valence-electron chi connectivity index (χ2n) is 3.46. The van der Waals surface area contributed by atoms with E-state index in [2.05, 4.69) is 16.0 Å². The van der Waals surface area contributed by atoms with Gasteiger partial charge in [-0.3, -0.25) is 0 Å². The predicted octanol–water partition coefficient (Wildman–Crippen LogP) is -1.23. The Labute approximate surface area is 61.6 Å². The second kappa shape index (κ2) is 2.49. The van der Waals surface area contributed by atoms with Gasteiger partial charge in [0.2, 0.25) is 0 Å². The van der Waals surface area contributed by atoms with E-state index in [0.29, 0.717) is 5.41 Å². The maximum absolute atomic E-state index is 3.44. The van der Waals surface area contributed by atoms with Crippen LogP contribution in [0.15, 0.2) is 0 Å². The molecule has 3 heteroatoms. The lowest BCUT2D eigenvalue weighted by Gasteiger charge is -2.41. The molecule has 0 aromatic heterocycles. The van der Waals surface area contributed by atoms with Gasteiger partial charge < -0.3 is 16.0 Å². The molecule has 58 valence electrons. The van der Waals surface area contributed by atoms with Crippen molar-refractivity contribution in [3.8, 4) is 0 Å². The molecule has 3 nitrogen and oxygen atoms in total. The van der Waals surface area contributed by atoms with Gasteiger partial charge >= 0.3 is 0 Å². The molecule has 0 amide bonds. The molecule has 0 unspecified atom stereocenters. The molecule has 2 aliphatic heterocycles. The highest BCUT2D eigenvalue weighted by Crippen LogP contribution is 2.20. The SMILES string of the molecule is C1CNCC2(CN1)CNC2. The largest absolute Gasteiger partial charge is 0.315 e. The van der Waals surface area contributed by atoms with Gasteiger partial charge in [0.05, 0.1) is 0 Å². The first-order valence-electron chi connectivity index (χ1n) is 4.04. The van der Waals surface area contributed by atoms with Crippen molar-refractivity contribution in [1.29, 1.82) is 0 Å². The second-order valence-corrected chi connectivity index (χ2v) is 3.46. The Morgan fingerprint density at radius 1 is 0.700 bits per heavy atom. The van der Waals surface area contributed by atoms with Crippen LogP contribution in [0.5, 0.6) is 0 Å². The van der Waals surface area contributed by atoms with Gasteiger partial charge in [-0.25, -0.2) is 0 Å². The average Bonchev–Trinajstić information content (AvgIpc) is 2.08. The summed E-state index contributed by atoms with van der Waals surface area (Å²) in [5.74, 6) is 0. The molecule has 0 saturated carbocycles. The summed E-state index contributed by atoms with van der Waals surface area (Å²) in [6.45, 7) is 7.00. The van der Waals surface area contributed by atoms with Crippen molar-refractivity contribution in [3.63, 3.8) is 0 Å². The molecule has 0 radical (unpaired) electrons. The Balaban J connectivity index is 1.92. The van der Waals surface area contributed by atoms with Crippen LogP contribution in [0.2, 0.25) is 0 Å². The number of hydrogen-bond acceptors (Lipinski definition) is 3. The molecule has 2 fully saturated rings. The summed E-state index contributed by atoms with van der Waals surface area (Å²) in [6, 6.07) is 0. The van der Waals surface area contributed by atoms with Gasteiger partial charge in [-0.1, -0.05) is 0 Å². The zero-order valence-corrected chi connectivity index (χ0v) is 6.24. The topological polar surface area (TPSA) is 36.1 Å². The Morgan fingerprint density at radius 3 is 1.60 bits per heavy atom.